The van der Waals surface area contributed by atoms with Crippen LogP contribution in [0.25, 0.3) is 0 Å². The third-order valence-corrected chi connectivity index (χ3v) is 10.3. The molecule has 3 rings (SSSR count). The smallest absolute Gasteiger partial charge is 0.261 e. The number of hydrogen-bond acceptors (Lipinski definition) is 2. The molecule has 1 aliphatic carbocycles. The van der Waals surface area contributed by atoms with Crippen LogP contribution in [0.4, 0.5) is 0 Å². The van der Waals surface area contributed by atoms with Crippen LogP contribution in [0.15, 0.2) is 72.3 Å². The number of ketones is 1. The molecule has 0 atom stereocenters. The summed E-state index contributed by atoms with van der Waals surface area (Å²) in [7, 11) is -2.48. The Hall–Kier alpha value is -1.97. The summed E-state index contributed by atoms with van der Waals surface area (Å²) >= 11 is 0. The minimum Gasteiger partial charge on any atom is -0.407 e. The van der Waals surface area contributed by atoms with Gasteiger partial charge >= 0.3 is 0 Å². The van der Waals surface area contributed by atoms with Gasteiger partial charge in [-0.25, -0.2) is 0 Å². The average Bonchev–Trinajstić information content (AvgIpc) is 3.04. The van der Waals surface area contributed by atoms with Crippen molar-refractivity contribution in [1.29, 1.82) is 0 Å². The van der Waals surface area contributed by atoms with E-state index in [1.165, 1.54) is 10.4 Å². The maximum Gasteiger partial charge on any atom is 0.261 e. The van der Waals surface area contributed by atoms with Gasteiger partial charge in [0.05, 0.1) is 0 Å². The van der Waals surface area contributed by atoms with Gasteiger partial charge < -0.3 is 4.43 Å². The fraction of sp³-hybridized carbons (Fsp3) is 0.348. The van der Waals surface area contributed by atoms with Crippen molar-refractivity contribution in [2.75, 3.05) is 6.61 Å². The lowest BCUT2D eigenvalue weighted by Gasteiger charge is -2.43. The zero-order valence-electron chi connectivity index (χ0n) is 16.0. The molecule has 0 saturated heterocycles. The minimum atomic E-state index is -2.48. The van der Waals surface area contributed by atoms with E-state index in [1.807, 2.05) is 0 Å². The van der Waals surface area contributed by atoms with Gasteiger partial charge in [0.2, 0.25) is 0 Å². The van der Waals surface area contributed by atoms with Crippen LogP contribution in [0, 0.1) is 0 Å². The van der Waals surface area contributed by atoms with Crippen LogP contribution in [0.3, 0.4) is 0 Å². The second-order valence-corrected chi connectivity index (χ2v) is 12.3. The third kappa shape index (κ3) is 3.60. The maximum absolute atomic E-state index is 12.0. The van der Waals surface area contributed by atoms with Crippen LogP contribution in [0.1, 0.15) is 40.0 Å². The molecule has 0 spiro atoms. The van der Waals surface area contributed by atoms with Crippen molar-refractivity contribution in [2.45, 2.75) is 45.1 Å². The SMILES string of the molecule is CC(C)(C)[Si](OCCC1=CCCC1=O)(c1ccccc1)c1ccccc1. The van der Waals surface area contributed by atoms with Gasteiger partial charge in [-0.15, -0.1) is 0 Å². The number of benzene rings is 2. The second kappa shape index (κ2) is 7.73. The number of Topliss-reactive ketones (excluding diaryl/α,β-unsaturated/α-hetero) is 1. The van der Waals surface area contributed by atoms with Crippen molar-refractivity contribution >= 4 is 24.5 Å². The van der Waals surface area contributed by atoms with Crippen LogP contribution < -0.4 is 10.4 Å². The van der Waals surface area contributed by atoms with Crippen molar-refractivity contribution in [3.63, 3.8) is 0 Å². The highest BCUT2D eigenvalue weighted by Crippen LogP contribution is 2.37. The lowest BCUT2D eigenvalue weighted by molar-refractivity contribution is -0.115. The zero-order chi connectivity index (χ0) is 18.6. The van der Waals surface area contributed by atoms with Gasteiger partial charge in [0.15, 0.2) is 5.78 Å². The van der Waals surface area contributed by atoms with Crippen molar-refractivity contribution in [1.82, 2.24) is 0 Å². The van der Waals surface area contributed by atoms with Crippen molar-refractivity contribution in [2.24, 2.45) is 0 Å². The minimum absolute atomic E-state index is 0.0240. The van der Waals surface area contributed by atoms with Gasteiger partial charge in [-0.2, -0.15) is 0 Å². The Morgan fingerprint density at radius 3 is 1.88 bits per heavy atom. The van der Waals surface area contributed by atoms with Crippen LogP contribution >= 0.6 is 0 Å². The fourth-order valence-corrected chi connectivity index (χ4v) is 8.53. The Kier molecular flexibility index (Phi) is 5.59. The number of hydrogen-bond donors (Lipinski definition) is 0. The highest BCUT2D eigenvalue weighted by atomic mass is 28.4. The first-order valence-electron chi connectivity index (χ1n) is 9.42. The lowest BCUT2D eigenvalue weighted by atomic mass is 10.1. The number of rotatable bonds is 6. The van der Waals surface area contributed by atoms with Crippen molar-refractivity contribution in [3.05, 3.63) is 72.3 Å². The first-order chi connectivity index (χ1) is 12.4. The van der Waals surface area contributed by atoms with Crippen molar-refractivity contribution < 1.29 is 9.22 Å². The van der Waals surface area contributed by atoms with Crippen LogP contribution in [-0.4, -0.2) is 20.7 Å². The largest absolute Gasteiger partial charge is 0.407 e. The molecule has 0 aromatic heterocycles. The van der Waals surface area contributed by atoms with E-state index in [4.69, 9.17) is 4.43 Å². The van der Waals surface area contributed by atoms with E-state index in [-0.39, 0.29) is 10.8 Å². The van der Waals surface area contributed by atoms with E-state index in [1.54, 1.807) is 0 Å². The highest BCUT2D eigenvalue weighted by Gasteiger charge is 2.50. The van der Waals surface area contributed by atoms with E-state index in [0.29, 0.717) is 19.4 Å². The van der Waals surface area contributed by atoms with E-state index in [2.05, 4.69) is 87.5 Å². The molecule has 0 aliphatic heterocycles. The fourth-order valence-electron chi connectivity index (χ4n) is 3.97. The van der Waals surface area contributed by atoms with E-state index < -0.39 is 8.32 Å². The van der Waals surface area contributed by atoms with Gasteiger partial charge in [0.25, 0.3) is 8.32 Å². The molecular weight excluding hydrogens is 336 g/mol. The van der Waals surface area contributed by atoms with Gasteiger partial charge in [0.1, 0.15) is 0 Å². The van der Waals surface area contributed by atoms with Gasteiger partial charge in [-0.3, -0.25) is 4.79 Å². The zero-order valence-corrected chi connectivity index (χ0v) is 17.0. The number of carbonyl (C=O) groups excluding carboxylic acids is 1. The molecule has 0 saturated carbocycles. The Morgan fingerprint density at radius 1 is 0.923 bits per heavy atom. The predicted octanol–water partition coefficient (Wildman–Crippen LogP) is 4.24. The predicted molar refractivity (Wildman–Crippen MR) is 111 cm³/mol. The van der Waals surface area contributed by atoms with Gasteiger partial charge in [0, 0.05) is 13.0 Å². The summed E-state index contributed by atoms with van der Waals surface area (Å²) in [4.78, 5) is 12.0. The lowest BCUT2D eigenvalue weighted by Crippen LogP contribution is -2.66. The summed E-state index contributed by atoms with van der Waals surface area (Å²) in [5.74, 6) is 0.288. The van der Waals surface area contributed by atoms with Gasteiger partial charge in [-0.1, -0.05) is 87.5 Å². The number of carbonyl (C=O) groups is 1. The second-order valence-electron chi connectivity index (χ2n) is 7.95. The summed E-state index contributed by atoms with van der Waals surface area (Å²) in [6.45, 7) is 7.42. The third-order valence-electron chi connectivity index (χ3n) is 5.23. The molecule has 136 valence electrons. The van der Waals surface area contributed by atoms with Crippen LogP contribution in [0.5, 0.6) is 0 Å². The van der Waals surface area contributed by atoms with Crippen LogP contribution in [-0.2, 0) is 9.22 Å². The number of allylic oxidation sites excluding steroid dienone is 1. The molecule has 0 radical (unpaired) electrons. The van der Waals surface area contributed by atoms with E-state index >= 15 is 0 Å². The summed E-state index contributed by atoms with van der Waals surface area (Å²) in [6, 6.07) is 21.3. The monoisotopic (exact) mass is 364 g/mol. The normalized spacial score (nSPS) is 15.2. The molecule has 3 heteroatoms. The molecule has 0 heterocycles. The van der Waals surface area contributed by atoms with Crippen molar-refractivity contribution in [3.8, 4) is 0 Å². The van der Waals surface area contributed by atoms with E-state index in [9.17, 15) is 4.79 Å². The molecule has 0 unspecified atom stereocenters. The summed E-state index contributed by atoms with van der Waals surface area (Å²) < 4.78 is 6.82. The first kappa shape index (κ1) is 18.8. The van der Waals surface area contributed by atoms with Gasteiger partial charge in [-0.05, 0) is 33.8 Å². The molecule has 2 aromatic rings. The van der Waals surface area contributed by atoms with E-state index in [0.717, 1.165) is 12.0 Å². The van der Waals surface area contributed by atoms with Crippen LogP contribution in [0.2, 0.25) is 5.04 Å². The first-order valence-corrected chi connectivity index (χ1v) is 11.3. The topological polar surface area (TPSA) is 26.3 Å². The molecule has 0 bridgehead atoms. The molecular formula is C23H28O2Si. The molecule has 0 fully saturated rings. The standard InChI is InChI=1S/C23H28O2Si/c1-23(2,3)26(20-12-6-4-7-13-20,21-14-8-5-9-15-21)25-18-17-19-11-10-16-22(19)24/h4-9,11-15H,10,16-18H2,1-3H3. The summed E-state index contributed by atoms with van der Waals surface area (Å²) in [5.41, 5.74) is 0.947. The highest BCUT2D eigenvalue weighted by molar-refractivity contribution is 6.99. The Balaban J connectivity index is 1.99. The Bertz CT molecular complexity index is 733. The summed E-state index contributed by atoms with van der Waals surface area (Å²) in [6.07, 6.45) is 4.34. The average molecular weight is 365 g/mol. The quantitative estimate of drug-likeness (QED) is 0.717. The molecule has 2 aromatic carbocycles. The Morgan fingerprint density at radius 2 is 1.46 bits per heavy atom. The molecule has 2 nitrogen and oxygen atoms in total. The molecule has 26 heavy (non-hydrogen) atoms. The summed E-state index contributed by atoms with van der Waals surface area (Å²) in [5, 5.41) is 2.54. The molecule has 1 aliphatic rings. The Labute approximate surface area is 158 Å². The molecule has 0 amide bonds. The maximum atomic E-state index is 12.0. The molecule has 0 N–H and O–H groups in total.